The van der Waals surface area contributed by atoms with Crippen LogP contribution in [0.4, 0.5) is 0 Å². The molecule has 1 aliphatic heterocycles. The second-order valence-corrected chi connectivity index (χ2v) is 4.62. The number of pyridine rings is 2. The molecule has 0 bridgehead atoms. The van der Waals surface area contributed by atoms with E-state index in [1.807, 2.05) is 24.4 Å². The average Bonchev–Trinajstić information content (AvgIpc) is 3.05. The number of aromatic nitrogens is 3. The van der Waals surface area contributed by atoms with E-state index in [0.717, 1.165) is 28.9 Å². The molecule has 5 rings (SSSR count). The molecule has 0 spiro atoms. The fourth-order valence-electron chi connectivity index (χ4n) is 2.75. The van der Waals surface area contributed by atoms with E-state index in [4.69, 9.17) is 8.83 Å². The summed E-state index contributed by atoms with van der Waals surface area (Å²) in [6.45, 7) is 0.759. The average molecular weight is 250 g/mol. The predicted molar refractivity (Wildman–Crippen MR) is 66.3 cm³/mol. The highest BCUT2D eigenvalue weighted by molar-refractivity contribution is 5.97. The van der Waals surface area contributed by atoms with E-state index in [-0.39, 0.29) is 0 Å². The van der Waals surface area contributed by atoms with E-state index in [0.29, 0.717) is 11.5 Å². The first-order valence-corrected chi connectivity index (χ1v) is 6.05. The highest BCUT2D eigenvalue weighted by Crippen LogP contribution is 2.34. The van der Waals surface area contributed by atoms with Crippen LogP contribution in [0.1, 0.15) is 5.56 Å². The minimum Gasteiger partial charge on any atom is -0.401 e. The largest absolute Gasteiger partial charge is 0.401 e. The van der Waals surface area contributed by atoms with Crippen molar-refractivity contribution >= 4 is 22.4 Å². The van der Waals surface area contributed by atoms with Crippen molar-refractivity contribution in [2.45, 2.75) is 6.54 Å². The molecule has 5 heteroatoms. The lowest BCUT2D eigenvalue weighted by atomic mass is 10.2. The van der Waals surface area contributed by atoms with Gasteiger partial charge < -0.3 is 8.83 Å². The van der Waals surface area contributed by atoms with Gasteiger partial charge in [-0.15, -0.1) is 4.57 Å². The zero-order chi connectivity index (χ0) is 12.4. The van der Waals surface area contributed by atoms with E-state index in [2.05, 4.69) is 14.5 Å². The van der Waals surface area contributed by atoms with Crippen LogP contribution in [0.3, 0.4) is 0 Å². The van der Waals surface area contributed by atoms with Gasteiger partial charge in [0, 0.05) is 18.6 Å². The van der Waals surface area contributed by atoms with Crippen LogP contribution in [0.15, 0.2) is 45.6 Å². The number of hydrogen-bond donors (Lipinski definition) is 0. The second-order valence-electron chi connectivity index (χ2n) is 4.62. The summed E-state index contributed by atoms with van der Waals surface area (Å²) in [7, 11) is 0. The molecule has 19 heavy (non-hydrogen) atoms. The Labute approximate surface area is 107 Å². The molecule has 0 aliphatic carbocycles. The molecule has 0 saturated heterocycles. The van der Waals surface area contributed by atoms with Crippen LogP contribution in [-0.4, -0.2) is 9.97 Å². The van der Waals surface area contributed by atoms with Gasteiger partial charge in [0.25, 0.3) is 0 Å². The normalized spacial score (nSPS) is 13.1. The van der Waals surface area contributed by atoms with Crippen LogP contribution < -0.4 is 4.57 Å². The molecule has 0 aromatic carbocycles. The van der Waals surface area contributed by atoms with Crippen LogP contribution in [-0.2, 0) is 6.54 Å². The van der Waals surface area contributed by atoms with Gasteiger partial charge in [-0.05, 0) is 18.2 Å². The number of fused-ring (bicyclic) bond motifs is 7. The van der Waals surface area contributed by atoms with E-state index in [9.17, 15) is 0 Å². The van der Waals surface area contributed by atoms with Crippen LogP contribution in [0.2, 0.25) is 0 Å². The maximum Gasteiger partial charge on any atom is 0.385 e. The minimum atomic E-state index is 0.533. The first-order chi connectivity index (χ1) is 9.42. The van der Waals surface area contributed by atoms with Crippen molar-refractivity contribution in [2.24, 2.45) is 0 Å². The van der Waals surface area contributed by atoms with E-state index in [1.165, 1.54) is 5.56 Å². The number of hydrogen-bond acceptors (Lipinski definition) is 4. The van der Waals surface area contributed by atoms with Gasteiger partial charge in [0.15, 0.2) is 6.54 Å². The zero-order valence-corrected chi connectivity index (χ0v) is 9.83. The number of furan rings is 1. The summed E-state index contributed by atoms with van der Waals surface area (Å²) >= 11 is 0. The predicted octanol–water partition coefficient (Wildman–Crippen LogP) is 2.29. The van der Waals surface area contributed by atoms with Crippen molar-refractivity contribution < 1.29 is 13.4 Å². The first-order valence-electron chi connectivity index (χ1n) is 6.05. The molecule has 1 aliphatic rings. The Balaban J connectivity index is 1.94. The summed E-state index contributed by atoms with van der Waals surface area (Å²) in [5, 5.41) is 0.980. The SMILES string of the molecule is c1cnc2oc3oc4[n+](c3c2c1)Cc1cnccc1-4. The monoisotopic (exact) mass is 250 g/mol. The molecule has 5 nitrogen and oxygen atoms in total. The summed E-state index contributed by atoms with van der Waals surface area (Å²) in [6, 6.07) is 5.87. The lowest BCUT2D eigenvalue weighted by Crippen LogP contribution is -2.30. The van der Waals surface area contributed by atoms with Crippen molar-refractivity contribution in [1.82, 2.24) is 9.97 Å². The molecule has 0 fully saturated rings. The highest BCUT2D eigenvalue weighted by Gasteiger charge is 2.37. The third kappa shape index (κ3) is 1.03. The lowest BCUT2D eigenvalue weighted by Gasteiger charge is -1.87. The topological polar surface area (TPSA) is 55.9 Å². The van der Waals surface area contributed by atoms with Gasteiger partial charge in [-0.2, -0.15) is 0 Å². The fraction of sp³-hybridized carbons (Fsp3) is 0.0714. The van der Waals surface area contributed by atoms with Gasteiger partial charge >= 0.3 is 17.2 Å². The molecule has 90 valence electrons. The van der Waals surface area contributed by atoms with Crippen molar-refractivity contribution in [3.63, 3.8) is 0 Å². The van der Waals surface area contributed by atoms with Gasteiger partial charge in [0.05, 0.1) is 11.1 Å². The maximum absolute atomic E-state index is 5.85. The van der Waals surface area contributed by atoms with Crippen LogP contribution in [0, 0.1) is 0 Å². The molecule has 0 unspecified atom stereocenters. The fourth-order valence-corrected chi connectivity index (χ4v) is 2.75. The lowest BCUT2D eigenvalue weighted by molar-refractivity contribution is -0.648. The van der Waals surface area contributed by atoms with Gasteiger partial charge in [0.1, 0.15) is 5.39 Å². The van der Waals surface area contributed by atoms with E-state index >= 15 is 0 Å². The number of rotatable bonds is 0. The molecule has 0 radical (unpaired) electrons. The zero-order valence-electron chi connectivity index (χ0n) is 9.83. The third-order valence-corrected chi connectivity index (χ3v) is 3.58. The number of nitrogens with zero attached hydrogens (tertiary/aromatic N) is 3. The highest BCUT2D eigenvalue weighted by atomic mass is 16.5. The molecule has 0 amide bonds. The van der Waals surface area contributed by atoms with Crippen molar-refractivity contribution in [1.29, 1.82) is 0 Å². The Hall–Kier alpha value is -2.69. The van der Waals surface area contributed by atoms with E-state index < -0.39 is 0 Å². The summed E-state index contributed by atoms with van der Waals surface area (Å²) in [5.74, 6) is 1.36. The van der Waals surface area contributed by atoms with Crippen molar-refractivity contribution in [2.75, 3.05) is 0 Å². The summed E-state index contributed by atoms with van der Waals surface area (Å²) in [5.41, 5.74) is 3.83. The van der Waals surface area contributed by atoms with Gasteiger partial charge in [-0.3, -0.25) is 4.98 Å². The van der Waals surface area contributed by atoms with Crippen LogP contribution >= 0.6 is 0 Å². The van der Waals surface area contributed by atoms with Gasteiger partial charge in [0.2, 0.25) is 5.71 Å². The molecular weight excluding hydrogens is 242 g/mol. The Morgan fingerprint density at radius 3 is 3.16 bits per heavy atom. The first kappa shape index (κ1) is 9.27. The Kier molecular flexibility index (Phi) is 1.46. The quantitative estimate of drug-likeness (QED) is 0.396. The van der Waals surface area contributed by atoms with Crippen molar-refractivity contribution in [3.8, 4) is 11.5 Å². The molecule has 4 aromatic heterocycles. The Bertz CT molecular complexity index is 952. The molecule has 0 saturated carbocycles. The van der Waals surface area contributed by atoms with Gasteiger partial charge in [-0.1, -0.05) is 0 Å². The summed E-state index contributed by atoms with van der Waals surface area (Å²) in [6.07, 6.45) is 5.37. The summed E-state index contributed by atoms with van der Waals surface area (Å²) in [4.78, 5) is 8.37. The van der Waals surface area contributed by atoms with E-state index in [1.54, 1.807) is 12.4 Å². The summed E-state index contributed by atoms with van der Waals surface area (Å²) < 4.78 is 13.6. The Morgan fingerprint density at radius 1 is 1.16 bits per heavy atom. The third-order valence-electron chi connectivity index (χ3n) is 3.58. The molecular formula is C14H8N3O2+. The second kappa shape index (κ2) is 3.00. The molecule has 4 aromatic rings. The number of oxazole rings is 1. The van der Waals surface area contributed by atoms with Gasteiger partial charge in [-0.25, -0.2) is 4.98 Å². The smallest absolute Gasteiger partial charge is 0.385 e. The Morgan fingerprint density at radius 2 is 2.16 bits per heavy atom. The molecule has 0 N–H and O–H groups in total. The molecule has 0 atom stereocenters. The maximum atomic E-state index is 5.85. The van der Waals surface area contributed by atoms with Crippen LogP contribution in [0.25, 0.3) is 33.9 Å². The van der Waals surface area contributed by atoms with Crippen LogP contribution in [0.5, 0.6) is 0 Å². The standard InChI is InChI=1S/C14H8N3O2/c1-2-10-11-14(18-12(10)16-4-1)19-13-9-3-5-15-6-8(9)7-17(11)13/h1-6H,7H2/q+1. The molecule has 5 heterocycles. The van der Waals surface area contributed by atoms with Crippen molar-refractivity contribution in [3.05, 3.63) is 42.4 Å². The minimum absolute atomic E-state index is 0.533.